The van der Waals surface area contributed by atoms with Crippen LogP contribution >= 0.6 is 11.3 Å². The van der Waals surface area contributed by atoms with Gasteiger partial charge in [0.15, 0.2) is 11.5 Å². The molecule has 7 nitrogen and oxygen atoms in total. The third-order valence-corrected chi connectivity index (χ3v) is 7.48. The monoisotopic (exact) mass is 460 g/mol. The zero-order valence-corrected chi connectivity index (χ0v) is 19.1. The lowest BCUT2D eigenvalue weighted by molar-refractivity contribution is -0.116. The fourth-order valence-corrected chi connectivity index (χ4v) is 5.73. The number of methoxy groups -OCH3 is 1. The summed E-state index contributed by atoms with van der Waals surface area (Å²) in [6.07, 6.45) is 7.03. The number of ether oxygens (including phenoxy) is 2. The van der Waals surface area contributed by atoms with E-state index in [1.165, 1.54) is 12.8 Å². The van der Waals surface area contributed by atoms with Crippen molar-refractivity contribution in [3.63, 3.8) is 0 Å². The summed E-state index contributed by atoms with van der Waals surface area (Å²) in [4.78, 5) is 17.4. The number of nitrogens with one attached hydrogen (secondary N) is 1. The van der Waals surface area contributed by atoms with Crippen LogP contribution in [0.1, 0.15) is 49.1 Å². The number of aromatic nitrogens is 3. The highest BCUT2D eigenvalue weighted by Gasteiger charge is 2.32. The minimum Gasteiger partial charge on any atom is -0.493 e. The van der Waals surface area contributed by atoms with E-state index in [9.17, 15) is 4.79 Å². The first-order valence-corrected chi connectivity index (χ1v) is 12.1. The lowest BCUT2D eigenvalue weighted by atomic mass is 9.87. The first-order chi connectivity index (χ1) is 16.2. The van der Waals surface area contributed by atoms with Gasteiger partial charge in [-0.25, -0.2) is 4.98 Å². The molecule has 8 heteroatoms. The molecule has 0 bridgehead atoms. The van der Waals surface area contributed by atoms with E-state index in [1.807, 2.05) is 48.7 Å². The molecule has 1 atom stereocenters. The lowest BCUT2D eigenvalue weighted by Gasteiger charge is -2.24. The molecule has 2 aromatic carbocycles. The highest BCUT2D eigenvalue weighted by Crippen LogP contribution is 2.42. The fraction of sp³-hybridized carbons (Fsp3) is 0.320. The predicted octanol–water partition coefficient (Wildman–Crippen LogP) is 5.29. The molecule has 0 radical (unpaired) electrons. The number of anilines is 1. The number of rotatable bonds is 5. The molecule has 0 spiro atoms. The maximum Gasteiger partial charge on any atom is 0.226 e. The van der Waals surface area contributed by atoms with E-state index >= 15 is 0 Å². The molecule has 2 aromatic heterocycles. The molecule has 1 unspecified atom stereocenters. The molecule has 1 saturated carbocycles. The fourth-order valence-electron chi connectivity index (χ4n) is 4.80. The summed E-state index contributed by atoms with van der Waals surface area (Å²) in [7, 11) is 1.66. The van der Waals surface area contributed by atoms with Crippen molar-refractivity contribution in [3.8, 4) is 16.6 Å². The summed E-state index contributed by atoms with van der Waals surface area (Å²) in [5.41, 5.74) is 2.90. The summed E-state index contributed by atoms with van der Waals surface area (Å²) in [5, 5.41) is 8.34. The summed E-state index contributed by atoms with van der Waals surface area (Å²) in [5.74, 6) is 1.98. The average Bonchev–Trinajstić information content (AvgIpc) is 3.58. The van der Waals surface area contributed by atoms with E-state index in [2.05, 4.69) is 10.4 Å². The molecule has 0 saturated heterocycles. The van der Waals surface area contributed by atoms with Gasteiger partial charge in [-0.2, -0.15) is 9.78 Å². The van der Waals surface area contributed by atoms with Crippen molar-refractivity contribution in [2.75, 3.05) is 12.4 Å². The van der Waals surface area contributed by atoms with E-state index in [0.29, 0.717) is 18.0 Å². The third-order valence-electron chi connectivity index (χ3n) is 6.47. The summed E-state index contributed by atoms with van der Waals surface area (Å²) < 4.78 is 14.7. The van der Waals surface area contributed by atoms with E-state index in [-0.39, 0.29) is 17.9 Å². The molecule has 168 valence electrons. The van der Waals surface area contributed by atoms with Gasteiger partial charge in [0.05, 0.1) is 29.6 Å². The zero-order chi connectivity index (χ0) is 22.4. The maximum absolute atomic E-state index is 12.7. The Morgan fingerprint density at radius 3 is 2.79 bits per heavy atom. The molecular formula is C25H24N4O3S. The standard InChI is InChI=1S/C25H24N4O3S/c1-31-21-12-15(10-11-20(21)32-16-6-2-3-7-16)17-13-23(30)28-24-18(17)14-26-29(24)25-27-19-8-4-5-9-22(19)33-25/h4-5,8-12,14,16-17H,2-3,6-7,13H2,1H3,(H,28,30). The Kier molecular flexibility index (Phi) is 5.02. The third kappa shape index (κ3) is 3.64. The molecular weight excluding hydrogens is 436 g/mol. The van der Waals surface area contributed by atoms with Crippen LogP contribution in [0.15, 0.2) is 48.7 Å². The Balaban J connectivity index is 1.36. The van der Waals surface area contributed by atoms with Gasteiger partial charge in [0.25, 0.3) is 0 Å². The van der Waals surface area contributed by atoms with Gasteiger partial charge in [-0.3, -0.25) is 4.79 Å². The Bertz CT molecular complexity index is 1310. The van der Waals surface area contributed by atoms with Crippen molar-refractivity contribution in [3.05, 3.63) is 59.8 Å². The molecule has 2 aliphatic rings. The number of fused-ring (bicyclic) bond motifs is 2. The maximum atomic E-state index is 12.7. The number of amides is 1. The van der Waals surface area contributed by atoms with Gasteiger partial charge in [-0.15, -0.1) is 0 Å². The zero-order valence-electron chi connectivity index (χ0n) is 18.3. The van der Waals surface area contributed by atoms with Crippen LogP contribution in [0.3, 0.4) is 0 Å². The Labute approximate surface area is 195 Å². The molecule has 33 heavy (non-hydrogen) atoms. The number of hydrogen-bond acceptors (Lipinski definition) is 6. The van der Waals surface area contributed by atoms with Crippen molar-refractivity contribution in [1.29, 1.82) is 0 Å². The predicted molar refractivity (Wildman–Crippen MR) is 128 cm³/mol. The highest BCUT2D eigenvalue weighted by molar-refractivity contribution is 7.20. The van der Waals surface area contributed by atoms with Gasteiger partial charge in [0.1, 0.15) is 5.82 Å². The van der Waals surface area contributed by atoms with E-state index in [4.69, 9.17) is 14.5 Å². The van der Waals surface area contributed by atoms with Crippen molar-refractivity contribution >= 4 is 33.3 Å². The van der Waals surface area contributed by atoms with Crippen LogP contribution in [-0.4, -0.2) is 33.9 Å². The lowest BCUT2D eigenvalue weighted by Crippen LogP contribution is -2.24. The number of carbonyl (C=O) groups is 1. The number of carbonyl (C=O) groups excluding carboxylic acids is 1. The van der Waals surface area contributed by atoms with Crippen molar-refractivity contribution in [2.45, 2.75) is 44.1 Å². The van der Waals surface area contributed by atoms with Gasteiger partial charge in [-0.05, 0) is 55.5 Å². The summed E-state index contributed by atoms with van der Waals surface area (Å²) >= 11 is 1.55. The van der Waals surface area contributed by atoms with Crippen LogP contribution in [0, 0.1) is 0 Å². The molecule has 6 rings (SSSR count). The Morgan fingerprint density at radius 1 is 1.12 bits per heavy atom. The molecule has 1 aliphatic heterocycles. The summed E-state index contributed by atoms with van der Waals surface area (Å²) in [6, 6.07) is 14.0. The number of nitrogens with zero attached hydrogens (tertiary/aromatic N) is 3. The quantitative estimate of drug-likeness (QED) is 0.438. The van der Waals surface area contributed by atoms with E-state index in [0.717, 1.165) is 45.1 Å². The van der Waals surface area contributed by atoms with Gasteiger partial charge in [0, 0.05) is 17.9 Å². The largest absolute Gasteiger partial charge is 0.493 e. The topological polar surface area (TPSA) is 78.3 Å². The highest BCUT2D eigenvalue weighted by atomic mass is 32.1. The Hall–Kier alpha value is -3.39. The Morgan fingerprint density at radius 2 is 1.97 bits per heavy atom. The van der Waals surface area contributed by atoms with Crippen molar-refractivity contribution < 1.29 is 14.3 Å². The van der Waals surface area contributed by atoms with Crippen molar-refractivity contribution in [2.24, 2.45) is 0 Å². The molecule has 1 aliphatic carbocycles. The van der Waals surface area contributed by atoms with Gasteiger partial charge < -0.3 is 14.8 Å². The van der Waals surface area contributed by atoms with Crippen LogP contribution in [0.4, 0.5) is 5.82 Å². The SMILES string of the molecule is COc1cc(C2CC(=O)Nc3c2cnn3-c2nc3ccccc3s2)ccc1OC1CCCC1. The molecule has 4 aromatic rings. The van der Waals surface area contributed by atoms with Crippen LogP contribution in [0.25, 0.3) is 15.3 Å². The van der Waals surface area contributed by atoms with Crippen LogP contribution in [0.5, 0.6) is 11.5 Å². The number of thiazole rings is 1. The minimum atomic E-state index is -0.119. The molecule has 1 N–H and O–H groups in total. The van der Waals surface area contributed by atoms with Crippen LogP contribution < -0.4 is 14.8 Å². The number of benzene rings is 2. The first kappa shape index (κ1) is 20.2. The van der Waals surface area contributed by atoms with Gasteiger partial charge in [0.2, 0.25) is 11.0 Å². The smallest absolute Gasteiger partial charge is 0.226 e. The first-order valence-electron chi connectivity index (χ1n) is 11.3. The summed E-state index contributed by atoms with van der Waals surface area (Å²) in [6.45, 7) is 0. The molecule has 1 fully saturated rings. The second-order valence-electron chi connectivity index (χ2n) is 8.56. The molecule has 3 heterocycles. The van der Waals surface area contributed by atoms with Gasteiger partial charge in [-0.1, -0.05) is 29.5 Å². The normalized spacial score (nSPS) is 18.3. The van der Waals surface area contributed by atoms with Crippen LogP contribution in [0.2, 0.25) is 0 Å². The second kappa shape index (κ2) is 8.19. The van der Waals surface area contributed by atoms with Crippen molar-refractivity contribution in [1.82, 2.24) is 14.8 Å². The van der Waals surface area contributed by atoms with E-state index in [1.54, 1.807) is 23.1 Å². The van der Waals surface area contributed by atoms with E-state index < -0.39 is 0 Å². The average molecular weight is 461 g/mol. The second-order valence-corrected chi connectivity index (χ2v) is 9.57. The van der Waals surface area contributed by atoms with Crippen LogP contribution in [-0.2, 0) is 4.79 Å². The van der Waals surface area contributed by atoms with Gasteiger partial charge >= 0.3 is 0 Å². The number of para-hydroxylation sites is 1. The number of hydrogen-bond donors (Lipinski definition) is 1. The molecule has 1 amide bonds. The minimum absolute atomic E-state index is 0.0411.